The monoisotopic (exact) mass is 456 g/mol. The third kappa shape index (κ3) is 4.22. The summed E-state index contributed by atoms with van der Waals surface area (Å²) in [7, 11) is 0.149. The summed E-state index contributed by atoms with van der Waals surface area (Å²) in [6.45, 7) is 0.160. The molecular weight excluding hydrogens is 436 g/mol. The van der Waals surface area contributed by atoms with Gasteiger partial charge in [-0.25, -0.2) is 13.1 Å². The third-order valence-electron chi connectivity index (χ3n) is 4.87. The minimum absolute atomic E-state index is 0.000209. The van der Waals surface area contributed by atoms with E-state index in [9.17, 15) is 18.0 Å². The van der Waals surface area contributed by atoms with Gasteiger partial charge in [0.25, 0.3) is 11.8 Å². The van der Waals surface area contributed by atoms with E-state index < -0.39 is 21.8 Å². The van der Waals surface area contributed by atoms with Gasteiger partial charge in [0.2, 0.25) is 10.0 Å². The number of benzene rings is 1. The molecule has 2 aromatic heterocycles. The van der Waals surface area contributed by atoms with Crippen molar-refractivity contribution >= 4 is 38.9 Å². The third-order valence-corrected chi connectivity index (χ3v) is 7.83. The van der Waals surface area contributed by atoms with Gasteiger partial charge in [-0.05, 0) is 42.0 Å². The van der Waals surface area contributed by atoms with Crippen LogP contribution in [0.4, 0.5) is 5.69 Å². The first-order valence-corrected chi connectivity index (χ1v) is 11.7. The van der Waals surface area contributed by atoms with Crippen LogP contribution >= 0.6 is 11.3 Å². The highest BCUT2D eigenvalue weighted by atomic mass is 32.2. The van der Waals surface area contributed by atoms with Gasteiger partial charge in [-0.2, -0.15) is 0 Å². The number of hydrogen-bond acceptors (Lipinski definition) is 7. The SMILES string of the molecule is CN(C)c1ccc(CNS(=O)(=O)c2ccc(CN3C(=O)c4cccnc4C3=O)s2)cc1. The number of sulfonamides is 1. The summed E-state index contributed by atoms with van der Waals surface area (Å²) in [4.78, 5) is 32.5. The van der Waals surface area contributed by atoms with Gasteiger partial charge in [-0.1, -0.05) is 12.1 Å². The number of aromatic nitrogens is 1. The van der Waals surface area contributed by atoms with Gasteiger partial charge < -0.3 is 4.90 Å². The van der Waals surface area contributed by atoms with Crippen molar-refractivity contribution < 1.29 is 18.0 Å². The maximum Gasteiger partial charge on any atom is 0.280 e. The highest BCUT2D eigenvalue weighted by molar-refractivity contribution is 7.91. The maximum absolute atomic E-state index is 12.7. The molecule has 2 amide bonds. The van der Waals surface area contributed by atoms with E-state index in [0.29, 0.717) is 4.88 Å². The van der Waals surface area contributed by atoms with Crippen LogP contribution in [0.2, 0.25) is 0 Å². The predicted octanol–water partition coefficient (Wildman–Crippen LogP) is 2.48. The first kappa shape index (κ1) is 21.2. The van der Waals surface area contributed by atoms with E-state index in [4.69, 9.17) is 0 Å². The number of carbonyl (C=O) groups is 2. The summed E-state index contributed by atoms with van der Waals surface area (Å²) in [5.74, 6) is -0.900. The Bertz CT molecular complexity index is 1220. The van der Waals surface area contributed by atoms with Gasteiger partial charge in [-0.15, -0.1) is 11.3 Å². The molecule has 0 bridgehead atoms. The van der Waals surface area contributed by atoms with E-state index in [-0.39, 0.29) is 28.6 Å². The molecule has 10 heteroatoms. The second-order valence-electron chi connectivity index (χ2n) is 7.20. The number of hydrogen-bond donors (Lipinski definition) is 1. The predicted molar refractivity (Wildman–Crippen MR) is 118 cm³/mol. The zero-order valence-electron chi connectivity index (χ0n) is 16.9. The van der Waals surface area contributed by atoms with Crippen molar-refractivity contribution in [3.63, 3.8) is 0 Å². The highest BCUT2D eigenvalue weighted by Gasteiger charge is 2.36. The molecule has 0 aliphatic carbocycles. The molecule has 0 atom stereocenters. The van der Waals surface area contributed by atoms with E-state index in [1.54, 1.807) is 18.2 Å². The molecule has 0 saturated heterocycles. The van der Waals surface area contributed by atoms with Crippen molar-refractivity contribution in [3.8, 4) is 0 Å². The van der Waals surface area contributed by atoms with Crippen LogP contribution in [0.25, 0.3) is 0 Å². The molecule has 1 aromatic carbocycles. The Morgan fingerprint density at radius 3 is 2.45 bits per heavy atom. The normalized spacial score (nSPS) is 13.5. The van der Waals surface area contributed by atoms with Gasteiger partial charge in [0.15, 0.2) is 0 Å². The topological polar surface area (TPSA) is 99.7 Å². The average molecular weight is 457 g/mol. The molecule has 160 valence electrons. The molecule has 3 aromatic rings. The molecule has 8 nitrogen and oxygen atoms in total. The summed E-state index contributed by atoms with van der Waals surface area (Å²) in [6.07, 6.45) is 1.46. The fourth-order valence-electron chi connectivity index (χ4n) is 3.16. The van der Waals surface area contributed by atoms with Gasteiger partial charge in [0, 0.05) is 37.4 Å². The van der Waals surface area contributed by atoms with Crippen LogP contribution in [0.1, 0.15) is 31.3 Å². The van der Waals surface area contributed by atoms with E-state index in [1.165, 1.54) is 12.3 Å². The molecule has 3 heterocycles. The number of imide groups is 1. The van der Waals surface area contributed by atoms with Crippen molar-refractivity contribution in [2.45, 2.75) is 17.3 Å². The maximum atomic E-state index is 12.7. The van der Waals surface area contributed by atoms with E-state index in [0.717, 1.165) is 27.5 Å². The van der Waals surface area contributed by atoms with Crippen LogP contribution in [0.3, 0.4) is 0 Å². The van der Waals surface area contributed by atoms with Crippen LogP contribution < -0.4 is 9.62 Å². The van der Waals surface area contributed by atoms with Crippen LogP contribution in [-0.2, 0) is 23.1 Å². The van der Waals surface area contributed by atoms with Crippen molar-refractivity contribution in [2.24, 2.45) is 0 Å². The second-order valence-corrected chi connectivity index (χ2v) is 10.4. The van der Waals surface area contributed by atoms with E-state index >= 15 is 0 Å². The Labute approximate surface area is 184 Å². The largest absolute Gasteiger partial charge is 0.378 e. The number of anilines is 1. The lowest BCUT2D eigenvalue weighted by Gasteiger charge is -2.13. The lowest BCUT2D eigenvalue weighted by molar-refractivity contribution is 0.0642. The fourth-order valence-corrected chi connectivity index (χ4v) is 5.57. The molecule has 0 spiro atoms. The zero-order valence-corrected chi connectivity index (χ0v) is 18.5. The van der Waals surface area contributed by atoms with Crippen LogP contribution in [0.5, 0.6) is 0 Å². The molecule has 1 N–H and O–H groups in total. The standard InChI is InChI=1S/C21H20N4O4S2/c1-24(2)15-7-5-14(6-8-15)12-23-31(28,29)18-10-9-16(30-18)13-25-20(26)17-4-3-11-22-19(17)21(25)27/h3-11,23H,12-13H2,1-2H3. The Hall–Kier alpha value is -3.08. The Morgan fingerprint density at radius 1 is 1.03 bits per heavy atom. The summed E-state index contributed by atoms with van der Waals surface area (Å²) in [6, 6.07) is 13.8. The quantitative estimate of drug-likeness (QED) is 0.549. The van der Waals surface area contributed by atoms with Crippen molar-refractivity contribution in [2.75, 3.05) is 19.0 Å². The summed E-state index contributed by atoms with van der Waals surface area (Å²) < 4.78 is 28.1. The number of thiophene rings is 1. The molecule has 1 aliphatic heterocycles. The van der Waals surface area contributed by atoms with Gasteiger partial charge >= 0.3 is 0 Å². The lowest BCUT2D eigenvalue weighted by Crippen LogP contribution is -2.28. The van der Waals surface area contributed by atoms with Gasteiger partial charge in [-0.3, -0.25) is 19.5 Å². The summed E-state index contributed by atoms with van der Waals surface area (Å²) in [5, 5.41) is 0. The van der Waals surface area contributed by atoms with Crippen LogP contribution in [-0.4, -0.2) is 44.2 Å². The second kappa shape index (κ2) is 8.22. The van der Waals surface area contributed by atoms with Gasteiger partial charge in [0.05, 0.1) is 12.1 Å². The molecule has 0 saturated carbocycles. The molecule has 0 radical (unpaired) electrons. The number of nitrogens with zero attached hydrogens (tertiary/aromatic N) is 3. The van der Waals surface area contributed by atoms with E-state index in [2.05, 4.69) is 9.71 Å². The lowest BCUT2D eigenvalue weighted by atomic mass is 10.2. The molecule has 0 fully saturated rings. The van der Waals surface area contributed by atoms with Gasteiger partial charge in [0.1, 0.15) is 9.90 Å². The minimum Gasteiger partial charge on any atom is -0.378 e. The summed E-state index contributed by atoms with van der Waals surface area (Å²) in [5.41, 5.74) is 2.25. The molecule has 4 rings (SSSR count). The van der Waals surface area contributed by atoms with Crippen LogP contribution in [0, 0.1) is 0 Å². The Morgan fingerprint density at radius 2 is 1.77 bits per heavy atom. The molecule has 31 heavy (non-hydrogen) atoms. The van der Waals surface area contributed by atoms with Crippen molar-refractivity contribution in [1.29, 1.82) is 0 Å². The van der Waals surface area contributed by atoms with Crippen molar-refractivity contribution in [1.82, 2.24) is 14.6 Å². The number of fused-ring (bicyclic) bond motifs is 1. The van der Waals surface area contributed by atoms with Crippen molar-refractivity contribution in [3.05, 3.63) is 76.4 Å². The molecule has 0 unspecified atom stereocenters. The zero-order chi connectivity index (χ0) is 22.2. The first-order valence-electron chi connectivity index (χ1n) is 9.42. The molecule has 1 aliphatic rings. The number of rotatable bonds is 7. The fraction of sp³-hybridized carbons (Fsp3) is 0.190. The minimum atomic E-state index is -3.72. The average Bonchev–Trinajstić information content (AvgIpc) is 3.33. The highest BCUT2D eigenvalue weighted by Crippen LogP contribution is 2.27. The first-order chi connectivity index (χ1) is 14.8. The number of amides is 2. The summed E-state index contributed by atoms with van der Waals surface area (Å²) >= 11 is 1.03. The number of nitrogens with one attached hydrogen (secondary N) is 1. The Kier molecular flexibility index (Phi) is 5.61. The number of carbonyl (C=O) groups excluding carboxylic acids is 2. The van der Waals surface area contributed by atoms with E-state index in [1.807, 2.05) is 43.3 Å². The smallest absolute Gasteiger partial charge is 0.280 e. The number of pyridine rings is 1. The Balaban J connectivity index is 1.43. The van der Waals surface area contributed by atoms with Crippen LogP contribution in [0.15, 0.2) is 58.9 Å². The molecular formula is C21H20N4O4S2.